The van der Waals surface area contributed by atoms with Crippen LogP contribution in [0.15, 0.2) is 6.20 Å². The van der Waals surface area contributed by atoms with Gasteiger partial charge in [-0.05, 0) is 6.42 Å². The molecule has 0 unspecified atom stereocenters. The highest BCUT2D eigenvalue weighted by atomic mass is 35.5. The van der Waals surface area contributed by atoms with Crippen LogP contribution in [0, 0.1) is 0 Å². The molecule has 14 heavy (non-hydrogen) atoms. The molecular formula is C7H9ClF3N3. The third-order valence-electron chi connectivity index (χ3n) is 1.57. The molecule has 80 valence electrons. The van der Waals surface area contributed by atoms with Crippen molar-refractivity contribution in [2.45, 2.75) is 31.4 Å². The van der Waals surface area contributed by atoms with Gasteiger partial charge in [-0.1, -0.05) is 5.21 Å². The number of halogens is 4. The average Bonchev–Trinajstić information content (AvgIpc) is 2.50. The van der Waals surface area contributed by atoms with Crippen molar-refractivity contribution >= 4 is 11.6 Å². The Labute approximate surface area is 83.9 Å². The second kappa shape index (κ2) is 4.63. The molecule has 0 spiro atoms. The summed E-state index contributed by atoms with van der Waals surface area (Å²) >= 11 is 5.45. The molecule has 0 radical (unpaired) electrons. The Morgan fingerprint density at radius 3 is 2.64 bits per heavy atom. The summed E-state index contributed by atoms with van der Waals surface area (Å²) in [7, 11) is 0. The lowest BCUT2D eigenvalue weighted by Crippen LogP contribution is -2.09. The molecule has 1 heterocycles. The van der Waals surface area contributed by atoms with E-state index in [-0.39, 0.29) is 18.8 Å². The van der Waals surface area contributed by atoms with Crippen LogP contribution in [0.25, 0.3) is 0 Å². The summed E-state index contributed by atoms with van der Waals surface area (Å²) in [5.74, 6) is 0.221. The summed E-state index contributed by atoms with van der Waals surface area (Å²) in [6, 6.07) is 0. The zero-order valence-electron chi connectivity index (χ0n) is 7.26. The predicted molar refractivity (Wildman–Crippen MR) is 44.9 cm³/mol. The summed E-state index contributed by atoms with van der Waals surface area (Å²) in [5.41, 5.74) is 0.568. The van der Waals surface area contributed by atoms with E-state index in [1.165, 1.54) is 4.68 Å². The standard InChI is InChI=1S/C7H9ClF3N3/c8-4-6-5-14(13-12-6)3-1-2-7(9,10)11/h5H,1-4H2. The van der Waals surface area contributed by atoms with E-state index in [2.05, 4.69) is 10.3 Å². The molecule has 0 saturated heterocycles. The van der Waals surface area contributed by atoms with Crippen molar-refractivity contribution in [3.63, 3.8) is 0 Å². The molecule has 0 atom stereocenters. The van der Waals surface area contributed by atoms with Gasteiger partial charge in [0.15, 0.2) is 0 Å². The second-order valence-electron chi connectivity index (χ2n) is 2.83. The number of alkyl halides is 4. The molecule has 0 aliphatic rings. The second-order valence-corrected chi connectivity index (χ2v) is 3.09. The first kappa shape index (κ1) is 11.3. The van der Waals surface area contributed by atoms with Gasteiger partial charge in [-0.15, -0.1) is 16.7 Å². The molecule has 7 heteroatoms. The number of aryl methyl sites for hydroxylation is 1. The number of hydrogen-bond acceptors (Lipinski definition) is 2. The minimum atomic E-state index is -4.10. The lowest BCUT2D eigenvalue weighted by Gasteiger charge is -2.04. The fraction of sp³-hybridized carbons (Fsp3) is 0.714. The molecule has 1 aromatic heterocycles. The topological polar surface area (TPSA) is 30.7 Å². The van der Waals surface area contributed by atoms with E-state index in [0.29, 0.717) is 5.69 Å². The van der Waals surface area contributed by atoms with Gasteiger partial charge >= 0.3 is 6.18 Å². The highest BCUT2D eigenvalue weighted by Crippen LogP contribution is 2.21. The van der Waals surface area contributed by atoms with E-state index in [1.807, 2.05) is 0 Å². The van der Waals surface area contributed by atoms with Crippen LogP contribution >= 0.6 is 11.6 Å². The number of nitrogens with zero attached hydrogens (tertiary/aromatic N) is 3. The van der Waals surface area contributed by atoms with E-state index in [4.69, 9.17) is 11.6 Å². The normalized spacial score (nSPS) is 12.0. The van der Waals surface area contributed by atoms with Gasteiger partial charge in [-0.25, -0.2) is 0 Å². The van der Waals surface area contributed by atoms with Crippen LogP contribution in [0.5, 0.6) is 0 Å². The highest BCUT2D eigenvalue weighted by Gasteiger charge is 2.26. The Morgan fingerprint density at radius 2 is 2.14 bits per heavy atom. The summed E-state index contributed by atoms with van der Waals surface area (Å²) < 4.78 is 36.7. The molecule has 0 amide bonds. The van der Waals surface area contributed by atoms with Crippen molar-refractivity contribution in [1.29, 1.82) is 0 Å². The fourth-order valence-corrected chi connectivity index (χ4v) is 1.07. The molecule has 0 aliphatic carbocycles. The third kappa shape index (κ3) is 3.95. The Balaban J connectivity index is 2.31. The third-order valence-corrected chi connectivity index (χ3v) is 1.84. The highest BCUT2D eigenvalue weighted by molar-refractivity contribution is 6.16. The van der Waals surface area contributed by atoms with E-state index in [0.717, 1.165) is 0 Å². The van der Waals surface area contributed by atoms with Gasteiger partial charge in [0, 0.05) is 19.2 Å². The summed E-state index contributed by atoms with van der Waals surface area (Å²) in [5, 5.41) is 7.27. The number of hydrogen-bond donors (Lipinski definition) is 0. The molecule has 0 fully saturated rings. The maximum absolute atomic E-state index is 11.8. The molecular weight excluding hydrogens is 219 g/mol. The Bertz CT molecular complexity index is 284. The van der Waals surface area contributed by atoms with Crippen LogP contribution in [-0.4, -0.2) is 21.2 Å². The number of rotatable bonds is 4. The summed E-state index contributed by atoms with van der Waals surface area (Å²) in [6.07, 6.45) is -3.35. The zero-order chi connectivity index (χ0) is 10.6. The SMILES string of the molecule is FC(F)(F)CCCn1cc(CCl)nn1. The smallest absolute Gasteiger partial charge is 0.252 e. The quantitative estimate of drug-likeness (QED) is 0.740. The van der Waals surface area contributed by atoms with Crippen molar-refractivity contribution in [3.8, 4) is 0 Å². The fourth-order valence-electron chi connectivity index (χ4n) is 0.951. The van der Waals surface area contributed by atoms with Crippen molar-refractivity contribution in [1.82, 2.24) is 15.0 Å². The van der Waals surface area contributed by atoms with Crippen LogP contribution in [0.1, 0.15) is 18.5 Å². The maximum Gasteiger partial charge on any atom is 0.389 e. The van der Waals surface area contributed by atoms with Crippen LogP contribution in [-0.2, 0) is 12.4 Å². The van der Waals surface area contributed by atoms with Gasteiger partial charge < -0.3 is 0 Å². The van der Waals surface area contributed by atoms with Gasteiger partial charge in [-0.2, -0.15) is 13.2 Å². The Kier molecular flexibility index (Phi) is 3.74. The van der Waals surface area contributed by atoms with Crippen molar-refractivity contribution < 1.29 is 13.2 Å². The van der Waals surface area contributed by atoms with E-state index in [9.17, 15) is 13.2 Å². The molecule has 1 aromatic rings. The predicted octanol–water partition coefficient (Wildman–Crippen LogP) is 2.36. The average molecular weight is 228 g/mol. The van der Waals surface area contributed by atoms with Crippen molar-refractivity contribution in [2.75, 3.05) is 0 Å². The van der Waals surface area contributed by atoms with Crippen LogP contribution in [0.2, 0.25) is 0 Å². The van der Waals surface area contributed by atoms with E-state index in [1.54, 1.807) is 6.20 Å². The van der Waals surface area contributed by atoms with Crippen molar-refractivity contribution in [3.05, 3.63) is 11.9 Å². The largest absolute Gasteiger partial charge is 0.389 e. The Hall–Kier alpha value is -0.780. The number of aromatic nitrogens is 3. The van der Waals surface area contributed by atoms with Crippen LogP contribution in [0.4, 0.5) is 13.2 Å². The van der Waals surface area contributed by atoms with Gasteiger partial charge in [0.1, 0.15) is 0 Å². The van der Waals surface area contributed by atoms with Gasteiger partial charge in [0.2, 0.25) is 0 Å². The van der Waals surface area contributed by atoms with E-state index < -0.39 is 12.6 Å². The van der Waals surface area contributed by atoms with Crippen LogP contribution in [0.3, 0.4) is 0 Å². The Morgan fingerprint density at radius 1 is 1.43 bits per heavy atom. The van der Waals surface area contributed by atoms with Crippen molar-refractivity contribution in [2.24, 2.45) is 0 Å². The molecule has 0 N–H and O–H groups in total. The minimum absolute atomic E-state index is 0.00852. The molecule has 0 bridgehead atoms. The summed E-state index contributed by atoms with van der Waals surface area (Å²) in [6.45, 7) is 0.212. The molecule has 0 aromatic carbocycles. The first-order valence-corrected chi connectivity index (χ1v) is 4.56. The maximum atomic E-state index is 11.8. The molecule has 0 aliphatic heterocycles. The minimum Gasteiger partial charge on any atom is -0.252 e. The summed E-state index contributed by atoms with van der Waals surface area (Å²) in [4.78, 5) is 0. The first-order chi connectivity index (χ1) is 6.51. The lowest BCUT2D eigenvalue weighted by atomic mass is 10.3. The first-order valence-electron chi connectivity index (χ1n) is 4.03. The van der Waals surface area contributed by atoms with E-state index >= 15 is 0 Å². The lowest BCUT2D eigenvalue weighted by molar-refractivity contribution is -0.136. The van der Waals surface area contributed by atoms with Crippen LogP contribution < -0.4 is 0 Å². The molecule has 1 rings (SSSR count). The van der Waals surface area contributed by atoms with Gasteiger partial charge in [0.25, 0.3) is 0 Å². The molecule has 3 nitrogen and oxygen atoms in total. The zero-order valence-corrected chi connectivity index (χ0v) is 8.02. The van der Waals surface area contributed by atoms with Gasteiger partial charge in [-0.3, -0.25) is 4.68 Å². The molecule has 0 saturated carbocycles. The monoisotopic (exact) mass is 227 g/mol. The van der Waals surface area contributed by atoms with Gasteiger partial charge in [0.05, 0.1) is 11.6 Å².